The second-order valence-electron chi connectivity index (χ2n) is 3.96. The Bertz CT molecular complexity index is 182. The Hall–Kier alpha value is -0.570. The number of carbonyl (C=O) groups excluding carboxylic acids is 1. The van der Waals surface area contributed by atoms with E-state index in [2.05, 4.69) is 6.92 Å². The van der Waals surface area contributed by atoms with E-state index < -0.39 is 0 Å². The van der Waals surface area contributed by atoms with Crippen LogP contribution in [-0.2, 0) is 4.79 Å². The largest absolute Gasteiger partial charge is 0.345 e. The van der Waals surface area contributed by atoms with Gasteiger partial charge in [0.2, 0.25) is 5.91 Å². The van der Waals surface area contributed by atoms with Crippen LogP contribution in [0.15, 0.2) is 0 Å². The van der Waals surface area contributed by atoms with Gasteiger partial charge in [-0.2, -0.15) is 0 Å². The fraction of sp³-hybridized carbons (Fsp3) is 0.900. The lowest BCUT2D eigenvalue weighted by Gasteiger charge is -2.22. The van der Waals surface area contributed by atoms with Crippen LogP contribution in [0, 0.1) is 5.92 Å². The van der Waals surface area contributed by atoms with Crippen molar-refractivity contribution in [3.63, 3.8) is 0 Å². The number of hydrogen-bond acceptors (Lipinski definition) is 2. The van der Waals surface area contributed by atoms with Gasteiger partial charge in [0.05, 0.1) is 5.92 Å². The average Bonchev–Trinajstić information content (AvgIpc) is 2.50. The van der Waals surface area contributed by atoms with Gasteiger partial charge < -0.3 is 10.6 Å². The number of carbonyl (C=O) groups is 1. The van der Waals surface area contributed by atoms with Crippen LogP contribution in [0.25, 0.3) is 0 Å². The summed E-state index contributed by atoms with van der Waals surface area (Å²) in [6.07, 6.45) is 4.12. The zero-order valence-corrected chi connectivity index (χ0v) is 8.62. The van der Waals surface area contributed by atoms with Crippen molar-refractivity contribution in [2.24, 2.45) is 11.7 Å². The normalized spacial score (nSPS) is 27.6. The summed E-state index contributed by atoms with van der Waals surface area (Å²) in [6, 6.07) is 0.104. The smallest absolute Gasteiger partial charge is 0.226 e. The molecule has 2 atom stereocenters. The lowest BCUT2D eigenvalue weighted by atomic mass is 10.0. The molecule has 3 nitrogen and oxygen atoms in total. The molecular weight excluding hydrogens is 164 g/mol. The Morgan fingerprint density at radius 1 is 1.54 bits per heavy atom. The minimum atomic E-state index is 0.0940. The van der Waals surface area contributed by atoms with Crippen LogP contribution in [0.1, 0.15) is 32.6 Å². The molecule has 0 aromatic heterocycles. The summed E-state index contributed by atoms with van der Waals surface area (Å²) in [7, 11) is 1.87. The van der Waals surface area contributed by atoms with E-state index in [9.17, 15) is 4.79 Å². The monoisotopic (exact) mass is 184 g/mol. The van der Waals surface area contributed by atoms with Crippen LogP contribution in [0.3, 0.4) is 0 Å². The molecule has 1 aliphatic carbocycles. The molecule has 0 saturated heterocycles. The topological polar surface area (TPSA) is 46.3 Å². The minimum absolute atomic E-state index is 0.0940. The summed E-state index contributed by atoms with van der Waals surface area (Å²) in [5.74, 6) is 0.336. The van der Waals surface area contributed by atoms with Gasteiger partial charge in [-0.3, -0.25) is 4.79 Å². The van der Waals surface area contributed by atoms with Gasteiger partial charge in [-0.25, -0.2) is 0 Å². The molecule has 0 spiro atoms. The van der Waals surface area contributed by atoms with E-state index in [1.54, 1.807) is 0 Å². The van der Waals surface area contributed by atoms with Gasteiger partial charge in [0, 0.05) is 19.6 Å². The summed E-state index contributed by atoms with van der Waals surface area (Å²) in [5.41, 5.74) is 5.87. The lowest BCUT2D eigenvalue weighted by molar-refractivity contribution is -0.134. The maximum absolute atomic E-state index is 11.8. The molecule has 0 aromatic carbocycles. The standard InChI is InChI=1S/C10H20N2O/c1-3-7-12(2)10(13)8-5-4-6-9(8)11/h8-9H,3-7,11H2,1-2H3. The molecule has 1 saturated carbocycles. The number of hydrogen-bond donors (Lipinski definition) is 1. The maximum atomic E-state index is 11.8. The molecule has 2 N–H and O–H groups in total. The Balaban J connectivity index is 2.46. The van der Waals surface area contributed by atoms with Gasteiger partial charge in [0.1, 0.15) is 0 Å². The molecule has 13 heavy (non-hydrogen) atoms. The van der Waals surface area contributed by atoms with Gasteiger partial charge in [0.25, 0.3) is 0 Å². The van der Waals surface area contributed by atoms with Crippen LogP contribution < -0.4 is 5.73 Å². The van der Waals surface area contributed by atoms with E-state index in [1.165, 1.54) is 0 Å². The third-order valence-corrected chi connectivity index (χ3v) is 2.82. The number of amides is 1. The highest BCUT2D eigenvalue weighted by molar-refractivity contribution is 5.79. The predicted octanol–water partition coefficient (Wildman–Crippen LogP) is 0.982. The molecule has 1 aliphatic rings. The first-order chi connectivity index (χ1) is 6.16. The van der Waals surface area contributed by atoms with Crippen molar-refractivity contribution in [2.75, 3.05) is 13.6 Å². The number of rotatable bonds is 3. The van der Waals surface area contributed by atoms with E-state index in [4.69, 9.17) is 5.73 Å². The second kappa shape index (κ2) is 4.61. The van der Waals surface area contributed by atoms with Crippen molar-refractivity contribution in [1.29, 1.82) is 0 Å². The summed E-state index contributed by atoms with van der Waals surface area (Å²) in [6.45, 7) is 2.93. The van der Waals surface area contributed by atoms with Crippen molar-refractivity contribution in [3.05, 3.63) is 0 Å². The van der Waals surface area contributed by atoms with Gasteiger partial charge in [-0.1, -0.05) is 13.3 Å². The van der Waals surface area contributed by atoms with Gasteiger partial charge >= 0.3 is 0 Å². The summed E-state index contributed by atoms with van der Waals surface area (Å²) in [4.78, 5) is 13.6. The summed E-state index contributed by atoms with van der Waals surface area (Å²) in [5, 5.41) is 0. The van der Waals surface area contributed by atoms with Crippen molar-refractivity contribution in [3.8, 4) is 0 Å². The van der Waals surface area contributed by atoms with Crippen molar-refractivity contribution >= 4 is 5.91 Å². The SMILES string of the molecule is CCCN(C)C(=O)C1CCCC1N. The van der Waals surface area contributed by atoms with Gasteiger partial charge in [-0.15, -0.1) is 0 Å². The first kappa shape index (κ1) is 10.5. The molecule has 1 rings (SSSR count). The van der Waals surface area contributed by atoms with E-state index in [0.717, 1.165) is 32.2 Å². The quantitative estimate of drug-likeness (QED) is 0.710. The molecular formula is C10H20N2O. The van der Waals surface area contributed by atoms with Crippen molar-refractivity contribution in [2.45, 2.75) is 38.6 Å². The first-order valence-corrected chi connectivity index (χ1v) is 5.17. The maximum Gasteiger partial charge on any atom is 0.226 e. The van der Waals surface area contributed by atoms with Crippen LogP contribution in [0.4, 0.5) is 0 Å². The third-order valence-electron chi connectivity index (χ3n) is 2.82. The summed E-state index contributed by atoms with van der Waals surface area (Å²) >= 11 is 0. The number of nitrogens with two attached hydrogens (primary N) is 1. The Labute approximate surface area is 80.3 Å². The molecule has 0 radical (unpaired) electrons. The molecule has 2 unspecified atom stereocenters. The Kier molecular flexibility index (Phi) is 3.72. The van der Waals surface area contributed by atoms with Gasteiger partial charge in [-0.05, 0) is 19.3 Å². The molecule has 0 bridgehead atoms. The van der Waals surface area contributed by atoms with E-state index in [0.29, 0.717) is 0 Å². The Morgan fingerprint density at radius 2 is 2.23 bits per heavy atom. The van der Waals surface area contributed by atoms with E-state index in [1.807, 2.05) is 11.9 Å². The molecule has 0 aliphatic heterocycles. The van der Waals surface area contributed by atoms with Crippen LogP contribution in [0.2, 0.25) is 0 Å². The third kappa shape index (κ3) is 2.44. The van der Waals surface area contributed by atoms with Crippen molar-refractivity contribution in [1.82, 2.24) is 4.90 Å². The molecule has 0 aromatic rings. The highest BCUT2D eigenvalue weighted by Gasteiger charge is 2.31. The molecule has 1 amide bonds. The highest BCUT2D eigenvalue weighted by Crippen LogP contribution is 2.25. The van der Waals surface area contributed by atoms with E-state index in [-0.39, 0.29) is 17.9 Å². The summed E-state index contributed by atoms with van der Waals surface area (Å²) < 4.78 is 0. The second-order valence-corrected chi connectivity index (χ2v) is 3.96. The van der Waals surface area contributed by atoms with Crippen LogP contribution >= 0.6 is 0 Å². The minimum Gasteiger partial charge on any atom is -0.345 e. The first-order valence-electron chi connectivity index (χ1n) is 5.17. The van der Waals surface area contributed by atoms with Crippen LogP contribution in [0.5, 0.6) is 0 Å². The predicted molar refractivity (Wildman–Crippen MR) is 53.2 cm³/mol. The Morgan fingerprint density at radius 3 is 2.69 bits per heavy atom. The van der Waals surface area contributed by atoms with Crippen LogP contribution in [-0.4, -0.2) is 30.4 Å². The molecule has 1 fully saturated rings. The molecule has 0 heterocycles. The van der Waals surface area contributed by atoms with Gasteiger partial charge in [0.15, 0.2) is 0 Å². The average molecular weight is 184 g/mol. The molecule has 3 heteroatoms. The number of nitrogens with zero attached hydrogens (tertiary/aromatic N) is 1. The lowest BCUT2D eigenvalue weighted by Crippen LogP contribution is -2.40. The van der Waals surface area contributed by atoms with Crippen molar-refractivity contribution < 1.29 is 4.79 Å². The zero-order valence-electron chi connectivity index (χ0n) is 8.62. The van der Waals surface area contributed by atoms with E-state index >= 15 is 0 Å². The molecule has 76 valence electrons. The fourth-order valence-corrected chi connectivity index (χ4v) is 2.02. The highest BCUT2D eigenvalue weighted by atomic mass is 16.2. The fourth-order valence-electron chi connectivity index (χ4n) is 2.02. The zero-order chi connectivity index (χ0) is 9.84.